The van der Waals surface area contributed by atoms with Crippen molar-refractivity contribution in [1.29, 1.82) is 0 Å². The van der Waals surface area contributed by atoms with E-state index in [1.165, 1.54) is 6.07 Å². The van der Waals surface area contributed by atoms with Crippen LogP contribution in [0.25, 0.3) is 0 Å². The number of halogens is 2. The van der Waals surface area contributed by atoms with Gasteiger partial charge in [-0.05, 0) is 25.2 Å². The van der Waals surface area contributed by atoms with Gasteiger partial charge in [0, 0.05) is 36.8 Å². The summed E-state index contributed by atoms with van der Waals surface area (Å²) in [7, 11) is 1.90. The maximum Gasteiger partial charge on any atom is 0.127 e. The molecule has 1 aliphatic rings. The highest BCUT2D eigenvalue weighted by molar-refractivity contribution is 6.30. The van der Waals surface area contributed by atoms with Crippen LogP contribution in [0.5, 0.6) is 0 Å². The average Bonchev–Trinajstić information content (AvgIpc) is 2.35. The Kier molecular flexibility index (Phi) is 4.95. The van der Waals surface area contributed by atoms with Crippen LogP contribution in [0.1, 0.15) is 5.56 Å². The van der Waals surface area contributed by atoms with Gasteiger partial charge in [-0.1, -0.05) is 11.6 Å². The SMILES string of the molecule is CNCC1CN(Cc2cc(Cl)ccc2F)CCO1. The predicted molar refractivity (Wildman–Crippen MR) is 70.4 cm³/mol. The summed E-state index contributed by atoms with van der Waals surface area (Å²) in [6, 6.07) is 4.69. The van der Waals surface area contributed by atoms with Crippen molar-refractivity contribution < 1.29 is 9.13 Å². The van der Waals surface area contributed by atoms with Gasteiger partial charge in [0.2, 0.25) is 0 Å². The van der Waals surface area contributed by atoms with Crippen molar-refractivity contribution in [3.8, 4) is 0 Å². The van der Waals surface area contributed by atoms with Gasteiger partial charge in [-0.25, -0.2) is 4.39 Å². The lowest BCUT2D eigenvalue weighted by molar-refractivity contribution is -0.0294. The molecule has 5 heteroatoms. The minimum absolute atomic E-state index is 0.172. The van der Waals surface area contributed by atoms with Gasteiger partial charge in [-0.15, -0.1) is 0 Å². The van der Waals surface area contributed by atoms with Gasteiger partial charge in [0.1, 0.15) is 5.82 Å². The second kappa shape index (κ2) is 6.48. The Morgan fingerprint density at radius 2 is 2.39 bits per heavy atom. The molecule has 0 saturated carbocycles. The normalized spacial score (nSPS) is 21.2. The van der Waals surface area contributed by atoms with Crippen molar-refractivity contribution in [3.63, 3.8) is 0 Å². The van der Waals surface area contributed by atoms with Gasteiger partial charge in [0.25, 0.3) is 0 Å². The van der Waals surface area contributed by atoms with Gasteiger partial charge in [-0.3, -0.25) is 4.90 Å². The summed E-state index contributed by atoms with van der Waals surface area (Å²) in [5, 5.41) is 3.67. The Bertz CT molecular complexity index is 401. The highest BCUT2D eigenvalue weighted by atomic mass is 35.5. The molecule has 100 valence electrons. The first-order valence-electron chi connectivity index (χ1n) is 6.11. The summed E-state index contributed by atoms with van der Waals surface area (Å²) in [5.74, 6) is -0.198. The number of hydrogen-bond donors (Lipinski definition) is 1. The van der Waals surface area contributed by atoms with Crippen LogP contribution in [-0.2, 0) is 11.3 Å². The minimum Gasteiger partial charge on any atom is -0.374 e. The van der Waals surface area contributed by atoms with Crippen LogP contribution in [0.3, 0.4) is 0 Å². The van der Waals surface area contributed by atoms with Gasteiger partial charge >= 0.3 is 0 Å². The standard InChI is InChI=1S/C13H18ClFN2O/c1-16-7-12-9-17(4-5-18-12)8-10-6-11(14)2-3-13(10)15/h2-3,6,12,16H,4-5,7-9H2,1H3. The Balaban J connectivity index is 1.98. The first kappa shape index (κ1) is 13.7. The van der Waals surface area contributed by atoms with Crippen LogP contribution in [0, 0.1) is 5.82 Å². The molecule has 0 aromatic heterocycles. The quantitative estimate of drug-likeness (QED) is 0.906. The fourth-order valence-electron chi connectivity index (χ4n) is 2.18. The Labute approximate surface area is 112 Å². The largest absolute Gasteiger partial charge is 0.374 e. The molecule has 0 radical (unpaired) electrons. The predicted octanol–water partition coefficient (Wildman–Crippen LogP) is 1.90. The van der Waals surface area contributed by atoms with Gasteiger partial charge in [0.15, 0.2) is 0 Å². The molecule has 1 aromatic rings. The Morgan fingerprint density at radius 3 is 3.17 bits per heavy atom. The molecular weight excluding hydrogens is 255 g/mol. The van der Waals surface area contributed by atoms with Gasteiger partial charge in [-0.2, -0.15) is 0 Å². The third-order valence-corrected chi connectivity index (χ3v) is 3.29. The van der Waals surface area contributed by atoms with Crippen molar-refractivity contribution >= 4 is 11.6 Å². The van der Waals surface area contributed by atoms with Crippen LogP contribution < -0.4 is 5.32 Å². The van der Waals surface area contributed by atoms with E-state index in [1.807, 2.05) is 7.05 Å². The van der Waals surface area contributed by atoms with Crippen LogP contribution in [-0.4, -0.2) is 44.3 Å². The number of ether oxygens (including phenoxy) is 1. The van der Waals surface area contributed by atoms with Crippen LogP contribution in [0.4, 0.5) is 4.39 Å². The zero-order valence-corrected chi connectivity index (χ0v) is 11.2. The van der Waals surface area contributed by atoms with Gasteiger partial charge < -0.3 is 10.1 Å². The molecule has 2 rings (SSSR count). The summed E-state index contributed by atoms with van der Waals surface area (Å²) in [5.41, 5.74) is 0.646. The summed E-state index contributed by atoms with van der Waals surface area (Å²) in [6.45, 7) is 3.72. The van der Waals surface area contributed by atoms with Crippen molar-refractivity contribution in [2.75, 3.05) is 33.3 Å². The van der Waals surface area contributed by atoms with Crippen molar-refractivity contribution in [2.45, 2.75) is 12.6 Å². The smallest absolute Gasteiger partial charge is 0.127 e. The van der Waals surface area contributed by atoms with Crippen LogP contribution in [0.15, 0.2) is 18.2 Å². The molecule has 18 heavy (non-hydrogen) atoms. The van der Waals surface area contributed by atoms with E-state index in [0.29, 0.717) is 23.7 Å². The van der Waals surface area contributed by atoms with E-state index in [0.717, 1.165) is 19.6 Å². The second-order valence-electron chi connectivity index (χ2n) is 4.52. The highest BCUT2D eigenvalue weighted by Gasteiger charge is 2.20. The summed E-state index contributed by atoms with van der Waals surface area (Å²) >= 11 is 5.89. The van der Waals surface area contributed by atoms with Crippen LogP contribution in [0.2, 0.25) is 5.02 Å². The fourth-order valence-corrected chi connectivity index (χ4v) is 2.38. The zero-order valence-electron chi connectivity index (χ0n) is 10.5. The van der Waals surface area contributed by atoms with Crippen molar-refractivity contribution in [2.24, 2.45) is 0 Å². The third-order valence-electron chi connectivity index (χ3n) is 3.06. The number of morpholine rings is 1. The first-order valence-corrected chi connectivity index (χ1v) is 6.49. The average molecular weight is 273 g/mol. The zero-order chi connectivity index (χ0) is 13.0. The summed E-state index contributed by atoms with van der Waals surface area (Å²) in [6.07, 6.45) is 0.172. The van der Waals surface area contributed by atoms with E-state index in [2.05, 4.69) is 10.2 Å². The molecule has 1 fully saturated rings. The molecule has 1 heterocycles. The van der Waals surface area contributed by atoms with Gasteiger partial charge in [0.05, 0.1) is 12.7 Å². The molecule has 1 unspecified atom stereocenters. The van der Waals surface area contributed by atoms with E-state index in [4.69, 9.17) is 16.3 Å². The Hall–Kier alpha value is -0.680. The third kappa shape index (κ3) is 3.65. The number of nitrogens with one attached hydrogen (secondary N) is 1. The lowest BCUT2D eigenvalue weighted by Crippen LogP contribution is -2.45. The second-order valence-corrected chi connectivity index (χ2v) is 4.96. The molecule has 0 aliphatic carbocycles. The lowest BCUT2D eigenvalue weighted by Gasteiger charge is -2.32. The summed E-state index contributed by atoms with van der Waals surface area (Å²) in [4.78, 5) is 2.19. The number of hydrogen-bond acceptors (Lipinski definition) is 3. The fraction of sp³-hybridized carbons (Fsp3) is 0.538. The minimum atomic E-state index is -0.198. The van der Waals surface area contributed by atoms with E-state index < -0.39 is 0 Å². The summed E-state index contributed by atoms with van der Waals surface area (Å²) < 4.78 is 19.3. The van der Waals surface area contributed by atoms with Crippen molar-refractivity contribution in [1.82, 2.24) is 10.2 Å². The topological polar surface area (TPSA) is 24.5 Å². The Morgan fingerprint density at radius 1 is 1.56 bits per heavy atom. The number of likely N-dealkylation sites (N-methyl/N-ethyl adjacent to an activating group) is 1. The van der Waals surface area contributed by atoms with E-state index in [9.17, 15) is 4.39 Å². The first-order chi connectivity index (χ1) is 8.69. The number of nitrogens with zero attached hydrogens (tertiary/aromatic N) is 1. The molecule has 1 saturated heterocycles. The van der Waals surface area contributed by atoms with E-state index >= 15 is 0 Å². The molecule has 0 spiro atoms. The molecular formula is C13H18ClFN2O. The molecule has 3 nitrogen and oxygen atoms in total. The molecule has 1 aliphatic heterocycles. The van der Waals surface area contributed by atoms with Crippen molar-refractivity contribution in [3.05, 3.63) is 34.6 Å². The maximum absolute atomic E-state index is 13.6. The maximum atomic E-state index is 13.6. The molecule has 0 bridgehead atoms. The number of benzene rings is 1. The van der Waals surface area contributed by atoms with E-state index in [1.54, 1.807) is 12.1 Å². The molecule has 1 atom stereocenters. The lowest BCUT2D eigenvalue weighted by atomic mass is 10.1. The highest BCUT2D eigenvalue weighted by Crippen LogP contribution is 2.18. The van der Waals surface area contributed by atoms with Crippen LogP contribution >= 0.6 is 11.6 Å². The monoisotopic (exact) mass is 272 g/mol. The molecule has 0 amide bonds. The van der Waals surface area contributed by atoms with E-state index in [-0.39, 0.29) is 11.9 Å². The molecule has 1 N–H and O–H groups in total. The number of rotatable bonds is 4. The molecule has 1 aromatic carbocycles.